The first-order valence-corrected chi connectivity index (χ1v) is 22.9. The molecule has 0 radical (unpaired) electrons. The van der Waals surface area contributed by atoms with Gasteiger partial charge in [-0.3, -0.25) is 9.13 Å². The van der Waals surface area contributed by atoms with Crippen LogP contribution in [0.5, 0.6) is 0 Å². The van der Waals surface area contributed by atoms with Crippen LogP contribution >= 0.6 is 0 Å². The minimum atomic E-state index is -4.95. The summed E-state index contributed by atoms with van der Waals surface area (Å²) in [6, 6.07) is 20.6. The van der Waals surface area contributed by atoms with Crippen molar-refractivity contribution in [2.75, 3.05) is 37.8 Å². The minimum Gasteiger partial charge on any atom is -0.372 e. The van der Waals surface area contributed by atoms with E-state index in [1.54, 1.807) is 0 Å². The van der Waals surface area contributed by atoms with Gasteiger partial charge in [-0.05, 0) is 98.2 Å². The summed E-state index contributed by atoms with van der Waals surface area (Å²) >= 11 is 0. The van der Waals surface area contributed by atoms with Crippen molar-refractivity contribution in [1.29, 1.82) is 0 Å². The fourth-order valence-electron chi connectivity index (χ4n) is 9.19. The Morgan fingerprint density at radius 1 is 0.554 bits per heavy atom. The van der Waals surface area contributed by atoms with Crippen LogP contribution < -0.4 is 33.5 Å². The number of piperidine rings is 2. The molecule has 2 saturated heterocycles. The number of hydrogen-bond donors (Lipinski definition) is 6. The van der Waals surface area contributed by atoms with Gasteiger partial charge in [-0.2, -0.15) is 52.7 Å². The first-order valence-electron chi connectivity index (χ1n) is 22.9. The van der Waals surface area contributed by atoms with Gasteiger partial charge in [0.15, 0.2) is 0 Å². The zero-order valence-corrected chi connectivity index (χ0v) is 39.3. The second kappa shape index (κ2) is 21.3. The van der Waals surface area contributed by atoms with E-state index in [1.807, 2.05) is 60.7 Å². The minimum absolute atomic E-state index is 0.0406. The number of aromatic amines is 2. The number of ether oxygens (including phenoxy) is 2. The number of hydrogen-bond acceptors (Lipinski definition) is 10. The molecule has 74 heavy (non-hydrogen) atoms. The molecular weight excluding hydrogens is 1010 g/mol. The summed E-state index contributed by atoms with van der Waals surface area (Å²) in [5.74, 6) is 0.0813. The van der Waals surface area contributed by atoms with Gasteiger partial charge in [0.25, 0.3) is 0 Å². The number of benzene rings is 4. The van der Waals surface area contributed by atoms with Gasteiger partial charge in [-0.15, -0.1) is 10.2 Å². The van der Waals surface area contributed by atoms with Gasteiger partial charge in [0.2, 0.25) is 11.9 Å². The molecule has 2 aliphatic rings. The quantitative estimate of drug-likeness (QED) is 0.0643. The number of nitrogens with one attached hydrogen (secondary N) is 4. The molecular formula is C48H50F12N10O4. The van der Waals surface area contributed by atoms with Gasteiger partial charge >= 0.3 is 36.1 Å². The molecule has 0 saturated carbocycles. The van der Waals surface area contributed by atoms with Crippen LogP contribution in [-0.4, -0.2) is 55.8 Å². The van der Waals surface area contributed by atoms with Crippen LogP contribution in [0.2, 0.25) is 0 Å². The van der Waals surface area contributed by atoms with Crippen molar-refractivity contribution in [3.63, 3.8) is 0 Å². The summed E-state index contributed by atoms with van der Waals surface area (Å²) in [4.78, 5) is 24.2. The van der Waals surface area contributed by atoms with Gasteiger partial charge in [-0.1, -0.05) is 60.7 Å². The smallest absolute Gasteiger partial charge is 0.372 e. The molecule has 8 N–H and O–H groups in total. The van der Waals surface area contributed by atoms with Crippen molar-refractivity contribution >= 4 is 11.9 Å². The highest BCUT2D eigenvalue weighted by Gasteiger charge is 2.43. The molecule has 0 amide bonds. The standard InChI is InChI=1S/2C24H25F6N5O2/c2*1-14(15-9-17(23(25,26)27)11-18(10-15)24(28,29)30)37-13-22(16-5-3-2-4-6-16)8-7-19(12-32-22)35-20(31)33-34-21(35)36/h2*2-6,9-11,14,19,32H,7-8,12-13H2,1H3,(H2,31,33)(H,34,36)/t14-,19+,22-;14-,19-,22-/m11/s1. The fraction of sp³-hybridized carbons (Fsp3) is 0.417. The maximum absolute atomic E-state index is 13.3. The summed E-state index contributed by atoms with van der Waals surface area (Å²) in [5.41, 5.74) is 4.70. The van der Waals surface area contributed by atoms with Crippen molar-refractivity contribution in [3.8, 4) is 0 Å². The third kappa shape index (κ3) is 12.5. The van der Waals surface area contributed by atoms with Crippen molar-refractivity contribution in [2.45, 2.75) is 99.6 Å². The van der Waals surface area contributed by atoms with Gasteiger partial charge < -0.3 is 31.6 Å². The Kier molecular flexibility index (Phi) is 15.9. The predicted molar refractivity (Wildman–Crippen MR) is 245 cm³/mol. The van der Waals surface area contributed by atoms with Crippen LogP contribution in [0.1, 0.15) is 108 Å². The van der Waals surface area contributed by atoms with Crippen LogP contribution in [0.4, 0.5) is 64.6 Å². The van der Waals surface area contributed by atoms with Crippen molar-refractivity contribution in [2.24, 2.45) is 0 Å². The van der Waals surface area contributed by atoms with Crippen LogP contribution in [0.15, 0.2) is 107 Å². The number of rotatable bonds is 12. The van der Waals surface area contributed by atoms with Crippen LogP contribution in [0, 0.1) is 0 Å². The molecule has 4 aromatic carbocycles. The Balaban J connectivity index is 0.000000216. The second-order valence-electron chi connectivity index (χ2n) is 18.1. The van der Waals surface area contributed by atoms with E-state index in [2.05, 4.69) is 31.0 Å². The largest absolute Gasteiger partial charge is 0.416 e. The number of H-pyrrole nitrogens is 2. The third-order valence-electron chi connectivity index (χ3n) is 13.3. The van der Waals surface area contributed by atoms with Crippen molar-refractivity contribution in [3.05, 3.63) is 163 Å². The van der Waals surface area contributed by atoms with E-state index in [0.717, 1.165) is 11.1 Å². The van der Waals surface area contributed by atoms with Gasteiger partial charge in [0.1, 0.15) is 0 Å². The molecule has 0 bridgehead atoms. The lowest BCUT2D eigenvalue weighted by Gasteiger charge is -2.42. The normalized spacial score (nSPS) is 21.6. The molecule has 0 aliphatic carbocycles. The molecule has 6 atom stereocenters. The molecule has 0 spiro atoms. The summed E-state index contributed by atoms with van der Waals surface area (Å²) < 4.78 is 174. The first-order chi connectivity index (χ1) is 34.6. The molecule has 26 heteroatoms. The maximum Gasteiger partial charge on any atom is 0.416 e. The zero-order valence-electron chi connectivity index (χ0n) is 39.3. The summed E-state index contributed by atoms with van der Waals surface area (Å²) in [6.07, 6.45) is -20.1. The predicted octanol–water partition coefficient (Wildman–Crippen LogP) is 9.58. The van der Waals surface area contributed by atoms with Gasteiger partial charge in [0, 0.05) is 13.1 Å². The number of anilines is 2. The monoisotopic (exact) mass is 1060 g/mol. The van der Waals surface area contributed by atoms with E-state index >= 15 is 0 Å². The Morgan fingerprint density at radius 2 is 0.865 bits per heavy atom. The molecule has 0 unspecified atom stereocenters. The number of halogens is 12. The number of alkyl halides is 12. The molecule has 400 valence electrons. The van der Waals surface area contributed by atoms with Crippen LogP contribution in [0.3, 0.4) is 0 Å². The summed E-state index contributed by atoms with van der Waals surface area (Å²) in [6.45, 7) is 3.34. The maximum atomic E-state index is 13.3. The highest BCUT2D eigenvalue weighted by atomic mass is 19.4. The summed E-state index contributed by atoms with van der Waals surface area (Å²) in [5, 5.41) is 18.8. The molecule has 2 aromatic heterocycles. The van der Waals surface area contributed by atoms with E-state index in [1.165, 1.54) is 23.0 Å². The average molecular weight is 1060 g/mol. The Bertz CT molecular complexity index is 2690. The number of aromatic nitrogens is 6. The Hall–Kier alpha value is -6.64. The molecule has 2 aliphatic heterocycles. The van der Waals surface area contributed by atoms with E-state index in [4.69, 9.17) is 20.9 Å². The molecule has 14 nitrogen and oxygen atoms in total. The molecule has 6 aromatic rings. The third-order valence-corrected chi connectivity index (χ3v) is 13.3. The SMILES string of the molecule is C[C@@H](OC[C@@]1(c2ccccc2)CC[C@@H](n2c(N)n[nH]c2=O)CN1)c1cc(C(F)(F)F)cc(C(F)(F)F)c1.C[C@@H](OC[C@@]1(c2ccccc2)CC[C@H](n2c(N)n[nH]c2=O)CN1)c1cc(C(F)(F)F)cc(C(F)(F)F)c1. The van der Waals surface area contributed by atoms with E-state index < -0.39 is 81.6 Å². The van der Waals surface area contributed by atoms with Crippen molar-refractivity contribution < 1.29 is 62.2 Å². The van der Waals surface area contributed by atoms with E-state index in [-0.39, 0.29) is 60.5 Å². The van der Waals surface area contributed by atoms with Gasteiger partial charge in [0.05, 0.1) is 70.8 Å². The first kappa shape index (κ1) is 55.1. The number of nitrogens with zero attached hydrogens (tertiary/aromatic N) is 4. The average Bonchev–Trinajstić information content (AvgIpc) is 3.89. The van der Waals surface area contributed by atoms with Crippen LogP contribution in [-0.2, 0) is 45.3 Å². The lowest BCUT2D eigenvalue weighted by molar-refractivity contribution is -0.145. The van der Waals surface area contributed by atoms with E-state index in [0.29, 0.717) is 63.0 Å². The lowest BCUT2D eigenvalue weighted by atomic mass is 9.81. The van der Waals surface area contributed by atoms with Crippen LogP contribution in [0.25, 0.3) is 0 Å². The molecule has 8 rings (SSSR count). The highest BCUT2D eigenvalue weighted by Crippen LogP contribution is 2.42. The Labute approximate surface area is 413 Å². The highest BCUT2D eigenvalue weighted by molar-refractivity contribution is 5.36. The Morgan fingerprint density at radius 3 is 1.11 bits per heavy atom. The number of nitrogens with two attached hydrogens (primary N) is 2. The number of nitrogen functional groups attached to an aromatic ring is 2. The van der Waals surface area contributed by atoms with Crippen molar-refractivity contribution in [1.82, 2.24) is 40.2 Å². The van der Waals surface area contributed by atoms with E-state index in [9.17, 15) is 62.3 Å². The zero-order chi connectivity index (χ0) is 54.0. The summed E-state index contributed by atoms with van der Waals surface area (Å²) in [7, 11) is 0. The molecule has 4 heterocycles. The molecule has 2 fully saturated rings. The fourth-order valence-corrected chi connectivity index (χ4v) is 9.19. The lowest BCUT2D eigenvalue weighted by Crippen LogP contribution is -2.53. The van der Waals surface area contributed by atoms with Gasteiger partial charge in [-0.25, -0.2) is 19.8 Å². The topological polar surface area (TPSA) is 196 Å². The second-order valence-corrected chi connectivity index (χ2v) is 18.1.